The average Bonchev–Trinajstić information content (AvgIpc) is 2.99. The van der Waals surface area contributed by atoms with Gasteiger partial charge in [0.25, 0.3) is 5.69 Å². The number of hydrogen-bond donors (Lipinski definition) is 0. The minimum absolute atomic E-state index is 0.242. The summed E-state index contributed by atoms with van der Waals surface area (Å²) in [5, 5.41) is 10.9. The molecule has 2 rings (SSSR count). The van der Waals surface area contributed by atoms with Crippen LogP contribution in [0.4, 0.5) is 5.69 Å². The monoisotopic (exact) mass is 283 g/mol. The topological polar surface area (TPSA) is 43.1 Å². The van der Waals surface area contributed by atoms with Gasteiger partial charge in [-0.15, -0.1) is 0 Å². The van der Waals surface area contributed by atoms with E-state index in [0.717, 1.165) is 24.8 Å². The van der Waals surface area contributed by atoms with E-state index in [2.05, 4.69) is 22.9 Å². The SMILES string of the molecule is CC(Br)C1(Cc2ccccc2[N+](=O)[O-])CC1. The normalized spacial score (nSPS) is 19.1. The second-order valence-corrected chi connectivity index (χ2v) is 5.91. The molecule has 16 heavy (non-hydrogen) atoms. The number of nitro groups is 1. The maximum atomic E-state index is 10.9. The molecule has 0 radical (unpaired) electrons. The summed E-state index contributed by atoms with van der Waals surface area (Å²) < 4.78 is 0. The van der Waals surface area contributed by atoms with E-state index in [1.807, 2.05) is 12.1 Å². The molecule has 1 aliphatic carbocycles. The molecule has 3 nitrogen and oxygen atoms in total. The Hall–Kier alpha value is -0.900. The summed E-state index contributed by atoms with van der Waals surface area (Å²) in [5.74, 6) is 0. The second-order valence-electron chi connectivity index (χ2n) is 4.54. The molecule has 86 valence electrons. The third-order valence-electron chi connectivity index (χ3n) is 3.47. The van der Waals surface area contributed by atoms with Gasteiger partial charge in [0.05, 0.1) is 4.92 Å². The fraction of sp³-hybridized carbons (Fsp3) is 0.500. The lowest BCUT2D eigenvalue weighted by atomic mass is 9.93. The lowest BCUT2D eigenvalue weighted by molar-refractivity contribution is -0.385. The van der Waals surface area contributed by atoms with Gasteiger partial charge in [0, 0.05) is 16.5 Å². The number of para-hydroxylation sites is 1. The van der Waals surface area contributed by atoms with Crippen LogP contribution in [0, 0.1) is 15.5 Å². The first kappa shape index (κ1) is 11.6. The molecule has 0 aromatic heterocycles. The number of rotatable bonds is 4. The van der Waals surface area contributed by atoms with E-state index in [9.17, 15) is 10.1 Å². The van der Waals surface area contributed by atoms with Crippen LogP contribution in [0.3, 0.4) is 0 Å². The largest absolute Gasteiger partial charge is 0.272 e. The summed E-state index contributed by atoms with van der Waals surface area (Å²) in [5.41, 5.74) is 1.35. The van der Waals surface area contributed by atoms with Gasteiger partial charge in [-0.05, 0) is 24.7 Å². The van der Waals surface area contributed by atoms with Crippen molar-refractivity contribution < 1.29 is 4.92 Å². The van der Waals surface area contributed by atoms with Gasteiger partial charge in [0.2, 0.25) is 0 Å². The highest BCUT2D eigenvalue weighted by molar-refractivity contribution is 9.09. The summed E-state index contributed by atoms with van der Waals surface area (Å²) >= 11 is 3.61. The molecule has 1 saturated carbocycles. The zero-order chi connectivity index (χ0) is 11.8. The molecule has 0 heterocycles. The lowest BCUT2D eigenvalue weighted by Gasteiger charge is -2.17. The van der Waals surface area contributed by atoms with Gasteiger partial charge in [0.1, 0.15) is 0 Å². The fourth-order valence-electron chi connectivity index (χ4n) is 2.09. The molecule has 1 atom stereocenters. The Morgan fingerprint density at radius 1 is 1.50 bits per heavy atom. The van der Waals surface area contributed by atoms with E-state index in [1.165, 1.54) is 0 Å². The Balaban J connectivity index is 2.25. The minimum atomic E-state index is -0.287. The van der Waals surface area contributed by atoms with Crippen LogP contribution in [-0.4, -0.2) is 9.75 Å². The predicted molar refractivity (Wildman–Crippen MR) is 66.9 cm³/mol. The van der Waals surface area contributed by atoms with Crippen LogP contribution in [0.25, 0.3) is 0 Å². The Bertz CT molecular complexity index is 413. The lowest BCUT2D eigenvalue weighted by Crippen LogP contribution is -2.16. The van der Waals surface area contributed by atoms with Crippen molar-refractivity contribution in [3.05, 3.63) is 39.9 Å². The zero-order valence-electron chi connectivity index (χ0n) is 9.15. The number of hydrogen-bond acceptors (Lipinski definition) is 2. The van der Waals surface area contributed by atoms with E-state index >= 15 is 0 Å². The number of halogens is 1. The van der Waals surface area contributed by atoms with E-state index in [4.69, 9.17) is 0 Å². The molecule has 4 heteroatoms. The van der Waals surface area contributed by atoms with Crippen LogP contribution in [0.2, 0.25) is 0 Å². The minimum Gasteiger partial charge on any atom is -0.258 e. The van der Waals surface area contributed by atoms with Crippen LogP contribution in [0.15, 0.2) is 24.3 Å². The second kappa shape index (κ2) is 4.17. The molecule has 0 spiro atoms. The van der Waals surface area contributed by atoms with Crippen molar-refractivity contribution in [3.8, 4) is 0 Å². The maximum absolute atomic E-state index is 10.9. The number of nitro benzene ring substituents is 1. The Morgan fingerprint density at radius 2 is 2.12 bits per heavy atom. The van der Waals surface area contributed by atoms with E-state index in [-0.39, 0.29) is 16.0 Å². The van der Waals surface area contributed by atoms with Gasteiger partial charge in [-0.2, -0.15) is 0 Å². The first-order valence-corrected chi connectivity index (χ1v) is 6.33. The molecule has 1 aromatic rings. The van der Waals surface area contributed by atoms with Crippen molar-refractivity contribution in [2.24, 2.45) is 5.41 Å². The third kappa shape index (κ3) is 2.12. The molecule has 1 aliphatic rings. The molecule has 1 unspecified atom stereocenters. The van der Waals surface area contributed by atoms with Crippen molar-refractivity contribution in [2.45, 2.75) is 31.0 Å². The van der Waals surface area contributed by atoms with Crippen LogP contribution < -0.4 is 0 Å². The zero-order valence-corrected chi connectivity index (χ0v) is 10.7. The van der Waals surface area contributed by atoms with Gasteiger partial charge < -0.3 is 0 Å². The molecule has 0 N–H and O–H groups in total. The summed E-state index contributed by atoms with van der Waals surface area (Å²) in [6.07, 6.45) is 3.12. The molecule has 0 saturated heterocycles. The maximum Gasteiger partial charge on any atom is 0.272 e. The first-order valence-electron chi connectivity index (χ1n) is 5.41. The summed E-state index contributed by atoms with van der Waals surface area (Å²) in [6.45, 7) is 2.13. The molecule has 1 aromatic carbocycles. The van der Waals surface area contributed by atoms with E-state index in [0.29, 0.717) is 4.83 Å². The molecular weight excluding hydrogens is 270 g/mol. The van der Waals surface area contributed by atoms with Gasteiger partial charge >= 0.3 is 0 Å². The smallest absolute Gasteiger partial charge is 0.258 e. The number of alkyl halides is 1. The number of nitrogens with zero attached hydrogens (tertiary/aromatic N) is 1. The van der Waals surface area contributed by atoms with Crippen LogP contribution in [-0.2, 0) is 6.42 Å². The van der Waals surface area contributed by atoms with Gasteiger partial charge in [0.15, 0.2) is 0 Å². The van der Waals surface area contributed by atoms with Crippen molar-refractivity contribution in [3.63, 3.8) is 0 Å². The molecular formula is C12H14BrNO2. The Kier molecular flexibility index (Phi) is 3.02. The van der Waals surface area contributed by atoms with Crippen molar-refractivity contribution in [1.29, 1.82) is 0 Å². The average molecular weight is 284 g/mol. The molecule has 1 fully saturated rings. The van der Waals surface area contributed by atoms with E-state index in [1.54, 1.807) is 12.1 Å². The van der Waals surface area contributed by atoms with Crippen LogP contribution in [0.1, 0.15) is 25.3 Å². The Labute approximate surface area is 103 Å². The Morgan fingerprint density at radius 3 is 2.62 bits per heavy atom. The highest BCUT2D eigenvalue weighted by atomic mass is 79.9. The molecule has 0 bridgehead atoms. The molecule has 0 aliphatic heterocycles. The standard InChI is InChI=1S/C12H14BrNO2/c1-9(13)12(6-7-12)8-10-4-2-3-5-11(10)14(15)16/h2-5,9H,6-8H2,1H3. The fourth-order valence-corrected chi connectivity index (χ4v) is 2.71. The van der Waals surface area contributed by atoms with Crippen molar-refractivity contribution in [1.82, 2.24) is 0 Å². The van der Waals surface area contributed by atoms with E-state index < -0.39 is 0 Å². The summed E-state index contributed by atoms with van der Waals surface area (Å²) in [7, 11) is 0. The van der Waals surface area contributed by atoms with Gasteiger partial charge in [-0.25, -0.2) is 0 Å². The molecule has 0 amide bonds. The quantitative estimate of drug-likeness (QED) is 0.480. The van der Waals surface area contributed by atoms with Gasteiger partial charge in [-0.1, -0.05) is 41.1 Å². The van der Waals surface area contributed by atoms with Crippen molar-refractivity contribution in [2.75, 3.05) is 0 Å². The van der Waals surface area contributed by atoms with Crippen LogP contribution >= 0.6 is 15.9 Å². The predicted octanol–water partition coefficient (Wildman–Crippen LogP) is 3.70. The highest BCUT2D eigenvalue weighted by Crippen LogP contribution is 2.54. The summed E-state index contributed by atoms with van der Waals surface area (Å²) in [6, 6.07) is 7.05. The van der Waals surface area contributed by atoms with Crippen molar-refractivity contribution >= 4 is 21.6 Å². The third-order valence-corrected chi connectivity index (χ3v) is 4.44. The summed E-state index contributed by atoms with van der Waals surface area (Å²) in [4.78, 5) is 11.0. The van der Waals surface area contributed by atoms with Gasteiger partial charge in [-0.3, -0.25) is 10.1 Å². The highest BCUT2D eigenvalue weighted by Gasteiger charge is 2.47. The number of benzene rings is 1. The first-order chi connectivity index (χ1) is 7.55. The van der Waals surface area contributed by atoms with Crippen LogP contribution in [0.5, 0.6) is 0 Å².